The van der Waals surface area contributed by atoms with Gasteiger partial charge in [-0.1, -0.05) is 48.5 Å². The lowest BCUT2D eigenvalue weighted by molar-refractivity contribution is -0.130. The largest absolute Gasteiger partial charge is 0.340 e. The lowest BCUT2D eigenvalue weighted by Crippen LogP contribution is -2.28. The molecule has 0 fully saturated rings. The van der Waals surface area contributed by atoms with Crippen molar-refractivity contribution in [3.63, 3.8) is 0 Å². The molecule has 3 aromatic rings. The van der Waals surface area contributed by atoms with Gasteiger partial charge in [0.1, 0.15) is 5.82 Å². The number of rotatable bonds is 6. The first-order chi connectivity index (χ1) is 12.6. The van der Waals surface area contributed by atoms with Crippen LogP contribution in [0.1, 0.15) is 29.2 Å². The Kier molecular flexibility index (Phi) is 5.74. The zero-order valence-corrected chi connectivity index (χ0v) is 14.7. The Balaban J connectivity index is 1.79. The Morgan fingerprint density at radius 1 is 0.962 bits per heavy atom. The summed E-state index contributed by atoms with van der Waals surface area (Å²) in [5.74, 6) is -0.372. The van der Waals surface area contributed by atoms with Crippen LogP contribution in [0.3, 0.4) is 0 Å². The maximum atomic E-state index is 13.3. The second-order valence-electron chi connectivity index (χ2n) is 6.29. The van der Waals surface area contributed by atoms with Crippen LogP contribution in [0.4, 0.5) is 4.39 Å². The van der Waals surface area contributed by atoms with Gasteiger partial charge in [0.15, 0.2) is 0 Å². The smallest absolute Gasteiger partial charge is 0.223 e. The molecule has 0 radical (unpaired) electrons. The van der Waals surface area contributed by atoms with Crippen LogP contribution < -0.4 is 0 Å². The fourth-order valence-corrected chi connectivity index (χ4v) is 2.96. The van der Waals surface area contributed by atoms with Crippen LogP contribution in [0.15, 0.2) is 79.0 Å². The molecule has 0 spiro atoms. The van der Waals surface area contributed by atoms with E-state index in [9.17, 15) is 9.18 Å². The molecule has 1 heterocycles. The molecule has 0 N–H and O–H groups in total. The molecule has 4 heteroatoms. The summed E-state index contributed by atoms with van der Waals surface area (Å²) in [7, 11) is 1.78. The van der Waals surface area contributed by atoms with Gasteiger partial charge in [0.2, 0.25) is 5.91 Å². The fraction of sp³-hybridized carbons (Fsp3) is 0.182. The summed E-state index contributed by atoms with van der Waals surface area (Å²) in [6.07, 6.45) is 2.04. The third-order valence-corrected chi connectivity index (χ3v) is 4.40. The second-order valence-corrected chi connectivity index (χ2v) is 6.29. The number of halogens is 1. The molecule has 2 aromatic carbocycles. The minimum Gasteiger partial charge on any atom is -0.340 e. The van der Waals surface area contributed by atoms with Crippen molar-refractivity contribution in [1.82, 2.24) is 9.88 Å². The van der Waals surface area contributed by atoms with Crippen molar-refractivity contribution in [2.45, 2.75) is 18.9 Å². The van der Waals surface area contributed by atoms with Crippen molar-refractivity contribution in [3.8, 4) is 0 Å². The normalized spacial score (nSPS) is 11.8. The van der Waals surface area contributed by atoms with E-state index in [-0.39, 0.29) is 17.6 Å². The van der Waals surface area contributed by atoms with Gasteiger partial charge in [-0.05, 0) is 35.4 Å². The maximum absolute atomic E-state index is 13.3. The Hall–Kier alpha value is -3.01. The average Bonchev–Trinajstić information content (AvgIpc) is 2.68. The van der Waals surface area contributed by atoms with Gasteiger partial charge in [0.25, 0.3) is 0 Å². The van der Waals surface area contributed by atoms with Gasteiger partial charge in [0.05, 0.1) is 12.2 Å². The molecular formula is C22H21FN2O. The average molecular weight is 348 g/mol. The molecule has 0 saturated carbocycles. The predicted octanol–water partition coefficient (Wildman–Crippen LogP) is 4.40. The molecule has 0 saturated heterocycles. The number of pyridine rings is 1. The number of aromatic nitrogens is 1. The number of carbonyl (C=O) groups is 1. The molecule has 0 aliphatic carbocycles. The zero-order valence-electron chi connectivity index (χ0n) is 14.7. The molecule has 1 atom stereocenters. The molecular weight excluding hydrogens is 327 g/mol. The standard InChI is InChI=1S/C22H21FN2O/c1-25(16-20-9-5-6-14-24-20)22(26)15-21(17-7-3-2-4-8-17)18-10-12-19(23)13-11-18/h2-14,21H,15-16H2,1H3/t21-/m1/s1. The van der Waals surface area contributed by atoms with Crippen molar-refractivity contribution in [2.75, 3.05) is 7.05 Å². The fourth-order valence-electron chi connectivity index (χ4n) is 2.96. The molecule has 0 bridgehead atoms. The van der Waals surface area contributed by atoms with Crippen LogP contribution in [0.25, 0.3) is 0 Å². The molecule has 26 heavy (non-hydrogen) atoms. The van der Waals surface area contributed by atoms with E-state index >= 15 is 0 Å². The maximum Gasteiger partial charge on any atom is 0.223 e. The van der Waals surface area contributed by atoms with Gasteiger partial charge in [-0.2, -0.15) is 0 Å². The highest BCUT2D eigenvalue weighted by Gasteiger charge is 2.20. The topological polar surface area (TPSA) is 33.2 Å². The van der Waals surface area contributed by atoms with Crippen LogP contribution in [-0.2, 0) is 11.3 Å². The number of hydrogen-bond donors (Lipinski definition) is 0. The monoisotopic (exact) mass is 348 g/mol. The number of benzene rings is 2. The highest BCUT2D eigenvalue weighted by molar-refractivity contribution is 5.77. The first-order valence-electron chi connectivity index (χ1n) is 8.58. The van der Waals surface area contributed by atoms with Crippen molar-refractivity contribution >= 4 is 5.91 Å². The van der Waals surface area contributed by atoms with E-state index in [4.69, 9.17) is 0 Å². The first kappa shape index (κ1) is 17.8. The van der Waals surface area contributed by atoms with Gasteiger partial charge in [-0.15, -0.1) is 0 Å². The number of hydrogen-bond acceptors (Lipinski definition) is 2. The van der Waals surface area contributed by atoms with Gasteiger partial charge in [-0.25, -0.2) is 4.39 Å². The Labute approximate surface area is 153 Å². The highest BCUT2D eigenvalue weighted by atomic mass is 19.1. The first-order valence-corrected chi connectivity index (χ1v) is 8.58. The molecule has 3 nitrogen and oxygen atoms in total. The van der Waals surface area contributed by atoms with E-state index in [2.05, 4.69) is 4.98 Å². The van der Waals surface area contributed by atoms with Crippen LogP contribution >= 0.6 is 0 Å². The van der Waals surface area contributed by atoms with E-state index in [0.29, 0.717) is 13.0 Å². The van der Waals surface area contributed by atoms with Crippen LogP contribution in [0, 0.1) is 5.82 Å². The molecule has 0 unspecified atom stereocenters. The van der Waals surface area contributed by atoms with E-state index in [1.165, 1.54) is 12.1 Å². The zero-order chi connectivity index (χ0) is 18.4. The summed E-state index contributed by atoms with van der Waals surface area (Å²) in [4.78, 5) is 18.7. The van der Waals surface area contributed by atoms with Gasteiger partial charge in [-0.3, -0.25) is 9.78 Å². The van der Waals surface area contributed by atoms with Crippen molar-refractivity contribution in [3.05, 3.63) is 102 Å². The number of amides is 1. The molecule has 1 aromatic heterocycles. The van der Waals surface area contributed by atoms with Crippen LogP contribution in [-0.4, -0.2) is 22.8 Å². The van der Waals surface area contributed by atoms with Gasteiger partial charge < -0.3 is 4.90 Å². The SMILES string of the molecule is CN(Cc1ccccn1)C(=O)C[C@H](c1ccccc1)c1ccc(F)cc1. The Bertz CT molecular complexity index is 835. The van der Waals surface area contributed by atoms with Crippen molar-refractivity contribution in [2.24, 2.45) is 0 Å². The van der Waals surface area contributed by atoms with E-state index in [1.54, 1.807) is 30.3 Å². The Morgan fingerprint density at radius 2 is 1.62 bits per heavy atom. The highest BCUT2D eigenvalue weighted by Crippen LogP contribution is 2.29. The minimum atomic E-state index is -0.279. The summed E-state index contributed by atoms with van der Waals surface area (Å²) in [5.41, 5.74) is 2.82. The Morgan fingerprint density at radius 3 is 2.27 bits per heavy atom. The van der Waals surface area contributed by atoms with E-state index in [1.807, 2.05) is 48.5 Å². The molecule has 3 rings (SSSR count). The third-order valence-electron chi connectivity index (χ3n) is 4.40. The summed E-state index contributed by atoms with van der Waals surface area (Å²) in [6, 6.07) is 21.9. The predicted molar refractivity (Wildman–Crippen MR) is 100 cm³/mol. The van der Waals surface area contributed by atoms with E-state index < -0.39 is 0 Å². The quantitative estimate of drug-likeness (QED) is 0.661. The van der Waals surface area contributed by atoms with Gasteiger partial charge in [0, 0.05) is 25.6 Å². The molecule has 0 aliphatic heterocycles. The molecule has 1 amide bonds. The van der Waals surface area contributed by atoms with Gasteiger partial charge >= 0.3 is 0 Å². The molecule has 132 valence electrons. The van der Waals surface area contributed by atoms with Crippen molar-refractivity contribution in [1.29, 1.82) is 0 Å². The number of nitrogens with zero attached hydrogens (tertiary/aromatic N) is 2. The van der Waals surface area contributed by atoms with Crippen molar-refractivity contribution < 1.29 is 9.18 Å². The summed E-state index contributed by atoms with van der Waals surface area (Å²) in [6.45, 7) is 0.463. The summed E-state index contributed by atoms with van der Waals surface area (Å²) < 4.78 is 13.3. The molecule has 0 aliphatic rings. The van der Waals surface area contributed by atoms with E-state index in [0.717, 1.165) is 16.8 Å². The minimum absolute atomic E-state index is 0.0221. The lowest BCUT2D eigenvalue weighted by atomic mass is 9.88. The van der Waals surface area contributed by atoms with Crippen LogP contribution in [0.2, 0.25) is 0 Å². The lowest BCUT2D eigenvalue weighted by Gasteiger charge is -2.22. The number of carbonyl (C=O) groups excluding carboxylic acids is 1. The summed E-state index contributed by atoms with van der Waals surface area (Å²) >= 11 is 0. The third kappa shape index (κ3) is 4.54. The summed E-state index contributed by atoms with van der Waals surface area (Å²) in [5, 5.41) is 0. The second kappa shape index (κ2) is 8.39. The van der Waals surface area contributed by atoms with Crippen LogP contribution in [0.5, 0.6) is 0 Å².